The van der Waals surface area contributed by atoms with Crippen LogP contribution in [0.25, 0.3) is 0 Å². The van der Waals surface area contributed by atoms with E-state index >= 15 is 0 Å². The van der Waals surface area contributed by atoms with E-state index in [4.69, 9.17) is 23.8 Å². The van der Waals surface area contributed by atoms with Crippen molar-refractivity contribution in [3.05, 3.63) is 60.8 Å². The quantitative estimate of drug-likeness (QED) is 0.0110. The molecule has 0 aromatic carbocycles. The van der Waals surface area contributed by atoms with Crippen molar-refractivity contribution >= 4 is 27.6 Å². The molecule has 0 aromatic heterocycles. The Labute approximate surface area is 365 Å². The Kier molecular flexibility index (Phi) is 37.9. The highest BCUT2D eigenvalue weighted by Crippen LogP contribution is 2.43. The minimum atomic E-state index is -4.89. The van der Waals surface area contributed by atoms with E-state index in [1.165, 1.54) is 38.5 Å². The van der Waals surface area contributed by atoms with Gasteiger partial charge in [-0.1, -0.05) is 145 Å². The summed E-state index contributed by atoms with van der Waals surface area (Å²) in [7, 11) is -9.76. The predicted molar refractivity (Wildman–Crippen MR) is 237 cm³/mol. The second kappa shape index (κ2) is 39.3. The first-order valence-corrected chi connectivity index (χ1v) is 25.2. The van der Waals surface area contributed by atoms with Crippen molar-refractivity contribution in [2.75, 3.05) is 26.4 Å². The van der Waals surface area contributed by atoms with Gasteiger partial charge in [-0.3, -0.25) is 23.2 Å². The second-order valence-electron chi connectivity index (χ2n) is 15.0. The van der Waals surface area contributed by atoms with Gasteiger partial charge in [-0.15, -0.1) is 0 Å². The normalized spacial score (nSPS) is 15.6. The van der Waals surface area contributed by atoms with Crippen LogP contribution < -0.4 is 0 Å². The molecule has 0 saturated carbocycles. The fourth-order valence-electron chi connectivity index (χ4n) is 5.61. The number of carbonyl (C=O) groups is 2. The molecule has 0 bridgehead atoms. The van der Waals surface area contributed by atoms with E-state index in [0.29, 0.717) is 12.8 Å². The molecule has 1 unspecified atom stereocenters. The van der Waals surface area contributed by atoms with Crippen LogP contribution in [0, 0.1) is 0 Å². The van der Waals surface area contributed by atoms with Crippen molar-refractivity contribution in [3.63, 3.8) is 0 Å². The highest BCUT2D eigenvalue weighted by molar-refractivity contribution is 7.47. The van der Waals surface area contributed by atoms with Crippen LogP contribution in [0.2, 0.25) is 0 Å². The lowest BCUT2D eigenvalue weighted by molar-refractivity contribution is -0.161. The highest BCUT2D eigenvalue weighted by Gasteiger charge is 2.28. The summed E-state index contributed by atoms with van der Waals surface area (Å²) in [6, 6.07) is 0. The Morgan fingerprint density at radius 3 is 1.62 bits per heavy atom. The summed E-state index contributed by atoms with van der Waals surface area (Å²) in [5.41, 5.74) is 0. The van der Waals surface area contributed by atoms with E-state index in [1.807, 2.05) is 24.3 Å². The predicted octanol–water partition coefficient (Wildman–Crippen LogP) is 9.17. The van der Waals surface area contributed by atoms with Crippen LogP contribution in [-0.2, 0) is 41.8 Å². The minimum absolute atomic E-state index is 0.0566. The number of phosphoric acid groups is 2. The third-order valence-corrected chi connectivity index (χ3v) is 10.5. The molecule has 6 N–H and O–H groups in total. The first-order valence-electron chi connectivity index (χ1n) is 22.2. The molecule has 0 amide bonds. The molecule has 0 rings (SSSR count). The largest absolute Gasteiger partial charge is 0.472 e. The monoisotopic (exact) mass is 908 g/mol. The summed E-state index contributed by atoms with van der Waals surface area (Å²) >= 11 is 0. The Morgan fingerprint density at radius 1 is 0.541 bits per heavy atom. The van der Waals surface area contributed by atoms with Crippen LogP contribution in [0.1, 0.15) is 155 Å². The maximum atomic E-state index is 12.7. The maximum Gasteiger partial charge on any atom is 0.472 e. The summed E-state index contributed by atoms with van der Waals surface area (Å²) in [4.78, 5) is 52.7. The van der Waals surface area contributed by atoms with Gasteiger partial charge in [-0.05, 0) is 57.8 Å². The molecule has 5 atom stereocenters. The van der Waals surface area contributed by atoms with Crippen LogP contribution in [0.15, 0.2) is 60.8 Å². The van der Waals surface area contributed by atoms with Gasteiger partial charge in [-0.2, -0.15) is 0 Å². The Bertz CT molecular complexity index is 1340. The van der Waals surface area contributed by atoms with Gasteiger partial charge in [0.1, 0.15) is 12.7 Å². The number of aliphatic hydroxyl groups excluding tert-OH is 3. The number of phosphoric ester groups is 2. The van der Waals surface area contributed by atoms with Gasteiger partial charge in [0.05, 0.1) is 32.0 Å². The van der Waals surface area contributed by atoms with E-state index in [1.54, 1.807) is 24.3 Å². The van der Waals surface area contributed by atoms with Crippen molar-refractivity contribution in [3.8, 4) is 0 Å². The molecule has 0 aromatic rings. The first-order chi connectivity index (χ1) is 29.2. The molecule has 0 spiro atoms. The third-order valence-electron chi connectivity index (χ3n) is 9.08. The Hall–Kier alpha value is -2.26. The Morgan fingerprint density at radius 2 is 1.03 bits per heavy atom. The molecule has 0 aliphatic heterocycles. The van der Waals surface area contributed by atoms with E-state index in [0.717, 1.165) is 64.2 Å². The van der Waals surface area contributed by atoms with Gasteiger partial charge >= 0.3 is 27.6 Å². The number of hydrogen-bond donors (Lipinski definition) is 6. The fourth-order valence-corrected chi connectivity index (χ4v) is 6.77. The first kappa shape index (κ1) is 58.7. The molecule has 0 saturated heterocycles. The average molecular weight is 909 g/mol. The average Bonchev–Trinajstić information content (AvgIpc) is 3.21. The number of aliphatic hydroxyl groups is 3. The lowest BCUT2D eigenvalue weighted by atomic mass is 10.1. The lowest BCUT2D eigenvalue weighted by Gasteiger charge is -2.20. The topological polar surface area (TPSA) is 236 Å². The van der Waals surface area contributed by atoms with Gasteiger partial charge < -0.3 is 39.5 Å². The molecule has 354 valence electrons. The van der Waals surface area contributed by atoms with Crippen molar-refractivity contribution in [2.24, 2.45) is 0 Å². The molecule has 0 heterocycles. The van der Waals surface area contributed by atoms with Gasteiger partial charge in [0, 0.05) is 12.8 Å². The molecular weight excluding hydrogens is 830 g/mol. The van der Waals surface area contributed by atoms with Crippen molar-refractivity contribution in [1.82, 2.24) is 0 Å². The number of esters is 2. The number of carbonyl (C=O) groups excluding carboxylic acids is 2. The van der Waals surface area contributed by atoms with Crippen LogP contribution in [0.5, 0.6) is 0 Å². The molecule has 0 aliphatic carbocycles. The van der Waals surface area contributed by atoms with Crippen LogP contribution in [0.4, 0.5) is 0 Å². The molecular formula is C44H78O15P2. The number of ether oxygens (including phenoxy) is 2. The number of unbranched alkanes of at least 4 members (excludes halogenated alkanes) is 13. The SMILES string of the molecule is CCCCCCCC/C=C\CCCCCCCC(=O)O[C@H](COC(=O)CCC[C@@H](O)/C=C/C=C\C/C=C\C=C\[C@@H](O)CCCCC)COP(=O)(O)OC[C@@H](O)COP(=O)(O)O. The van der Waals surface area contributed by atoms with E-state index in [-0.39, 0.29) is 25.7 Å². The summed E-state index contributed by atoms with van der Waals surface area (Å²) in [5.74, 6) is -1.27. The van der Waals surface area contributed by atoms with Gasteiger partial charge in [0.2, 0.25) is 0 Å². The number of allylic oxidation sites excluding steroid dienone is 8. The van der Waals surface area contributed by atoms with Gasteiger partial charge in [-0.25, -0.2) is 9.13 Å². The summed E-state index contributed by atoms with van der Waals surface area (Å²) in [6.45, 7) is 1.38. The number of rotatable bonds is 41. The van der Waals surface area contributed by atoms with Crippen LogP contribution in [-0.4, -0.2) is 92.8 Å². The number of hydrogen-bond acceptors (Lipinski definition) is 12. The van der Waals surface area contributed by atoms with E-state index in [9.17, 15) is 38.9 Å². The minimum Gasteiger partial charge on any atom is -0.462 e. The van der Waals surface area contributed by atoms with Crippen LogP contribution in [0.3, 0.4) is 0 Å². The fraction of sp³-hybridized carbons (Fsp3) is 0.727. The zero-order chi connectivity index (χ0) is 45.5. The van der Waals surface area contributed by atoms with Crippen molar-refractivity contribution in [1.29, 1.82) is 0 Å². The molecule has 0 fully saturated rings. The van der Waals surface area contributed by atoms with Crippen molar-refractivity contribution in [2.45, 2.75) is 180 Å². The highest BCUT2D eigenvalue weighted by atomic mass is 31.2. The summed E-state index contributed by atoms with van der Waals surface area (Å²) in [5, 5.41) is 29.9. The molecule has 61 heavy (non-hydrogen) atoms. The third kappa shape index (κ3) is 42.8. The van der Waals surface area contributed by atoms with E-state index in [2.05, 4.69) is 35.0 Å². The Balaban J connectivity index is 4.75. The van der Waals surface area contributed by atoms with Gasteiger partial charge in [0.25, 0.3) is 0 Å². The van der Waals surface area contributed by atoms with Crippen molar-refractivity contribution < 1.29 is 71.8 Å². The second-order valence-corrected chi connectivity index (χ2v) is 17.7. The van der Waals surface area contributed by atoms with Gasteiger partial charge in [0.15, 0.2) is 6.10 Å². The standard InChI is InChI=1S/C44H78O15P2/c1-3-5-7-8-9-10-11-12-13-14-15-16-20-23-27-33-44(49)59-42(38-58-61(53,54)57-36-41(47)35-56-60(50,51)52)37-55-43(48)34-28-32-40(46)31-26-22-19-17-18-21-25-30-39(45)29-24-6-4-2/h12-13,18-19,21-22,25-26,30-31,39-42,45-47H,3-11,14-17,20,23-24,27-29,32-38H2,1-2H3,(H,53,54)(H2,50,51,52)/b13-12-,21-18-,22-19-,30-25+,31-26+/t39-,40-,41-,42+/m0/s1. The lowest BCUT2D eigenvalue weighted by Crippen LogP contribution is -2.30. The smallest absolute Gasteiger partial charge is 0.462 e. The zero-order valence-electron chi connectivity index (χ0n) is 36.7. The van der Waals surface area contributed by atoms with Crippen LogP contribution >= 0.6 is 15.6 Å². The molecule has 15 nitrogen and oxygen atoms in total. The van der Waals surface area contributed by atoms with E-state index < -0.39 is 78.4 Å². The molecule has 0 aliphatic rings. The zero-order valence-corrected chi connectivity index (χ0v) is 38.5. The molecule has 17 heteroatoms. The summed E-state index contributed by atoms with van der Waals surface area (Å²) < 4.78 is 47.6. The maximum absolute atomic E-state index is 12.7. The molecule has 0 radical (unpaired) electrons. The summed E-state index contributed by atoms with van der Waals surface area (Å²) in [6.07, 6.45) is 34.2.